The first kappa shape index (κ1) is 18.4. The van der Waals surface area contributed by atoms with Crippen LogP contribution in [0.15, 0.2) is 58.2 Å². The van der Waals surface area contributed by atoms with Crippen LogP contribution >= 0.6 is 11.6 Å². The van der Waals surface area contributed by atoms with Crippen LogP contribution in [0.5, 0.6) is 5.75 Å². The number of hydrogen-bond acceptors (Lipinski definition) is 5. The van der Waals surface area contributed by atoms with Gasteiger partial charge in [-0.3, -0.25) is 4.79 Å². The molecule has 1 aromatic heterocycles. The molecule has 0 saturated heterocycles. The lowest BCUT2D eigenvalue weighted by molar-refractivity contribution is -0.123. The van der Waals surface area contributed by atoms with Crippen molar-refractivity contribution in [2.75, 3.05) is 5.32 Å². The van der Waals surface area contributed by atoms with Crippen molar-refractivity contribution in [2.45, 2.75) is 37.5 Å². The fraction of sp³-hybridized carbons (Fsp3) is 0.263. The number of ether oxygens (including phenoxy) is 1. The first-order chi connectivity index (χ1) is 12.7. The van der Waals surface area contributed by atoms with E-state index in [0.29, 0.717) is 34.2 Å². The predicted molar refractivity (Wildman–Crippen MR) is 105 cm³/mol. The third kappa shape index (κ3) is 4.61. The van der Waals surface area contributed by atoms with Gasteiger partial charge in [-0.25, -0.2) is 4.98 Å². The second-order valence-electron chi connectivity index (χ2n) is 5.83. The topological polar surface area (TPSA) is 64.4 Å². The van der Waals surface area contributed by atoms with E-state index < -0.39 is 6.10 Å². The molecular weight excluding hydrogens is 347 g/mol. The second-order valence-corrected chi connectivity index (χ2v) is 6.42. The maximum absolute atomic E-state index is 12.7. The molecule has 0 aliphatic heterocycles. The van der Waals surface area contributed by atoms with Gasteiger partial charge in [0.25, 0.3) is 5.91 Å². The first-order valence-electron chi connectivity index (χ1n) is 8.49. The molecule has 1 N–H and O–H groups in total. The molecule has 0 fully saturated rings. The van der Waals surface area contributed by atoms with Crippen molar-refractivity contribution in [3.63, 3.8) is 0 Å². The SMILES string of the molecule is [B]Sc1nc2cc(NC(=O)C(CCCC)Oc3ccccc3)ccc2o1. The minimum atomic E-state index is -0.555. The summed E-state index contributed by atoms with van der Waals surface area (Å²) in [5.41, 5.74) is 1.91. The summed E-state index contributed by atoms with van der Waals surface area (Å²) in [5, 5.41) is 3.29. The summed E-state index contributed by atoms with van der Waals surface area (Å²) in [6.45, 7) is 2.09. The van der Waals surface area contributed by atoms with Crippen LogP contribution in [0.3, 0.4) is 0 Å². The number of hydrogen-bond donors (Lipinski definition) is 1. The number of nitrogens with zero attached hydrogens (tertiary/aromatic N) is 1. The lowest BCUT2D eigenvalue weighted by Gasteiger charge is -2.18. The Morgan fingerprint density at radius 2 is 2.12 bits per heavy atom. The summed E-state index contributed by atoms with van der Waals surface area (Å²) in [6.07, 6.45) is 1.99. The molecule has 1 atom stereocenters. The number of benzene rings is 2. The van der Waals surface area contributed by atoms with Crippen molar-refractivity contribution in [1.82, 2.24) is 4.98 Å². The van der Waals surface area contributed by atoms with Crippen LogP contribution in [0.1, 0.15) is 26.2 Å². The molecule has 0 aliphatic rings. The zero-order valence-electron chi connectivity index (χ0n) is 14.5. The fourth-order valence-corrected chi connectivity index (χ4v) is 2.84. The van der Waals surface area contributed by atoms with Crippen molar-refractivity contribution in [1.29, 1.82) is 0 Å². The van der Waals surface area contributed by atoms with Gasteiger partial charge in [0.05, 0.1) is 0 Å². The van der Waals surface area contributed by atoms with Gasteiger partial charge < -0.3 is 14.5 Å². The Morgan fingerprint density at radius 3 is 2.85 bits per heavy atom. The molecule has 3 rings (SSSR count). The van der Waals surface area contributed by atoms with Gasteiger partial charge in [0, 0.05) is 5.69 Å². The second kappa shape index (κ2) is 8.80. The normalized spacial score (nSPS) is 12.0. The van der Waals surface area contributed by atoms with E-state index in [9.17, 15) is 4.79 Å². The molecule has 5 nitrogen and oxygen atoms in total. The van der Waals surface area contributed by atoms with E-state index in [2.05, 4.69) is 17.2 Å². The van der Waals surface area contributed by atoms with Gasteiger partial charge in [-0.05, 0) is 43.2 Å². The summed E-state index contributed by atoms with van der Waals surface area (Å²) >= 11 is 0.944. The van der Waals surface area contributed by atoms with Gasteiger partial charge in [-0.15, -0.1) is 11.6 Å². The van der Waals surface area contributed by atoms with Gasteiger partial charge in [0.2, 0.25) is 5.22 Å². The molecule has 7 heteroatoms. The van der Waals surface area contributed by atoms with E-state index in [1.165, 1.54) is 0 Å². The minimum Gasteiger partial charge on any atom is -0.481 e. The number of para-hydroxylation sites is 1. The molecule has 26 heavy (non-hydrogen) atoms. The van der Waals surface area contributed by atoms with E-state index in [1.54, 1.807) is 18.2 Å². The summed E-state index contributed by atoms with van der Waals surface area (Å²) < 4.78 is 11.3. The lowest BCUT2D eigenvalue weighted by Crippen LogP contribution is -2.33. The third-order valence-corrected chi connectivity index (χ3v) is 4.25. The molecule has 132 valence electrons. The highest BCUT2D eigenvalue weighted by molar-refractivity contribution is 8.19. The van der Waals surface area contributed by atoms with Crippen LogP contribution in [-0.2, 0) is 4.79 Å². The third-order valence-electron chi connectivity index (χ3n) is 3.87. The Kier molecular flexibility index (Phi) is 6.23. The van der Waals surface area contributed by atoms with Crippen molar-refractivity contribution < 1.29 is 13.9 Å². The summed E-state index contributed by atoms with van der Waals surface area (Å²) in [7, 11) is 5.47. The molecule has 0 bridgehead atoms. The number of fused-ring (bicyclic) bond motifs is 1. The molecule has 0 saturated carbocycles. The molecule has 1 amide bonds. The highest BCUT2D eigenvalue weighted by Crippen LogP contribution is 2.24. The molecule has 1 unspecified atom stereocenters. The Bertz CT molecular complexity index is 870. The number of anilines is 1. The first-order valence-corrected chi connectivity index (χ1v) is 9.37. The Balaban J connectivity index is 1.73. The van der Waals surface area contributed by atoms with Crippen LogP contribution in [0.2, 0.25) is 0 Å². The van der Waals surface area contributed by atoms with Gasteiger partial charge >= 0.3 is 0 Å². The van der Waals surface area contributed by atoms with E-state index in [4.69, 9.17) is 16.3 Å². The van der Waals surface area contributed by atoms with Gasteiger partial charge in [0.15, 0.2) is 18.8 Å². The quantitative estimate of drug-likeness (QED) is 0.591. The average Bonchev–Trinajstić information content (AvgIpc) is 3.08. The minimum absolute atomic E-state index is 0.182. The Labute approximate surface area is 157 Å². The van der Waals surface area contributed by atoms with Crippen LogP contribution < -0.4 is 10.1 Å². The van der Waals surface area contributed by atoms with Crippen LogP contribution in [-0.4, -0.2) is 24.1 Å². The number of nitrogens with one attached hydrogen (secondary N) is 1. The fourth-order valence-electron chi connectivity index (χ4n) is 2.55. The van der Waals surface area contributed by atoms with Crippen molar-refractivity contribution in [3.8, 4) is 5.75 Å². The summed E-state index contributed by atoms with van der Waals surface area (Å²) in [5.74, 6) is 0.499. The zero-order chi connectivity index (χ0) is 18.4. The number of carbonyl (C=O) groups excluding carboxylic acids is 1. The number of oxazole rings is 1. The number of amides is 1. The molecular formula is C19H19BN2O3S. The zero-order valence-corrected chi connectivity index (χ0v) is 15.3. The summed E-state index contributed by atoms with van der Waals surface area (Å²) in [4.78, 5) is 17.0. The monoisotopic (exact) mass is 366 g/mol. The smallest absolute Gasteiger partial charge is 0.265 e. The average molecular weight is 366 g/mol. The number of carbonyl (C=O) groups is 1. The maximum atomic E-state index is 12.7. The van der Waals surface area contributed by atoms with Crippen molar-refractivity contribution >= 4 is 41.4 Å². The predicted octanol–water partition coefficient (Wildman–Crippen LogP) is 4.58. The number of aromatic nitrogens is 1. The molecule has 0 aliphatic carbocycles. The van der Waals surface area contributed by atoms with E-state index in [0.717, 1.165) is 24.5 Å². The Morgan fingerprint density at radius 1 is 1.31 bits per heavy atom. The van der Waals surface area contributed by atoms with Crippen LogP contribution in [0.25, 0.3) is 11.1 Å². The van der Waals surface area contributed by atoms with E-state index in [-0.39, 0.29) is 5.91 Å². The van der Waals surface area contributed by atoms with E-state index in [1.807, 2.05) is 30.3 Å². The molecule has 2 radical (unpaired) electrons. The van der Waals surface area contributed by atoms with E-state index >= 15 is 0 Å². The Hall–Kier alpha value is -2.41. The van der Waals surface area contributed by atoms with Crippen molar-refractivity contribution in [3.05, 3.63) is 48.5 Å². The number of rotatable bonds is 8. The van der Waals surface area contributed by atoms with Crippen LogP contribution in [0.4, 0.5) is 5.69 Å². The van der Waals surface area contributed by atoms with Gasteiger partial charge in [-0.2, -0.15) is 0 Å². The molecule has 0 spiro atoms. The molecule has 1 heterocycles. The highest BCUT2D eigenvalue weighted by Gasteiger charge is 2.20. The highest BCUT2D eigenvalue weighted by atomic mass is 32.2. The van der Waals surface area contributed by atoms with Crippen LogP contribution in [0, 0.1) is 0 Å². The number of unbranched alkanes of at least 4 members (excludes halogenated alkanes) is 1. The van der Waals surface area contributed by atoms with Crippen molar-refractivity contribution in [2.24, 2.45) is 0 Å². The van der Waals surface area contributed by atoms with Gasteiger partial charge in [-0.1, -0.05) is 31.5 Å². The van der Waals surface area contributed by atoms with Gasteiger partial charge in [0.1, 0.15) is 11.3 Å². The largest absolute Gasteiger partial charge is 0.481 e. The standard InChI is InChI=1S/C19H19BN2O3S/c1-2-3-9-17(24-14-7-5-4-6-8-14)18(23)21-13-10-11-16-15(12-13)22-19(25-16)26-20/h4-8,10-12,17H,2-3,9H2,1H3,(H,21,23). The maximum Gasteiger partial charge on any atom is 0.265 e. The molecule has 2 aromatic carbocycles. The lowest BCUT2D eigenvalue weighted by atomic mass is 10.1. The molecule has 3 aromatic rings. The summed E-state index contributed by atoms with van der Waals surface area (Å²) in [6, 6.07) is 14.7.